The molecule has 2 heteroatoms. The molecule has 2 rings (SSSR count). The third-order valence-electron chi connectivity index (χ3n) is 3.04. The highest BCUT2D eigenvalue weighted by Gasteiger charge is 2.15. The molecule has 1 nitrogen and oxygen atoms in total. The molecule has 16 heavy (non-hydrogen) atoms. The molecule has 1 saturated carbocycles. The van der Waals surface area contributed by atoms with Gasteiger partial charge in [0.05, 0.1) is 6.10 Å². The van der Waals surface area contributed by atoms with E-state index in [-0.39, 0.29) is 0 Å². The zero-order valence-electron chi connectivity index (χ0n) is 9.52. The third kappa shape index (κ3) is 3.60. The predicted molar refractivity (Wildman–Crippen MR) is 70.7 cm³/mol. The van der Waals surface area contributed by atoms with Gasteiger partial charge in [-0.1, -0.05) is 36.8 Å². The van der Waals surface area contributed by atoms with Crippen LogP contribution in [-0.2, 0) is 11.2 Å². The van der Waals surface area contributed by atoms with Gasteiger partial charge >= 0.3 is 0 Å². The minimum absolute atomic E-state index is 0.380. The maximum atomic E-state index is 5.83. The van der Waals surface area contributed by atoms with Gasteiger partial charge in [-0.05, 0) is 43.5 Å². The molecule has 0 heterocycles. The summed E-state index contributed by atoms with van der Waals surface area (Å²) in [6.45, 7) is 0. The van der Waals surface area contributed by atoms with Crippen LogP contribution in [0.25, 0.3) is 0 Å². The summed E-state index contributed by atoms with van der Waals surface area (Å²) in [7, 11) is 0. The van der Waals surface area contributed by atoms with Crippen LogP contribution in [0.2, 0.25) is 0 Å². The van der Waals surface area contributed by atoms with Gasteiger partial charge in [0.2, 0.25) is 0 Å². The average Bonchev–Trinajstić information content (AvgIpc) is 2.31. The first-order valence-corrected chi connectivity index (χ1v) is 6.49. The maximum Gasteiger partial charge on any atom is 0.164 e. The molecule has 0 N–H and O–H groups in total. The van der Waals surface area contributed by atoms with Crippen LogP contribution in [0.1, 0.15) is 37.7 Å². The Bertz CT molecular complexity index is 328. The minimum Gasteiger partial charge on any atom is -0.484 e. The van der Waals surface area contributed by atoms with Gasteiger partial charge in [0.15, 0.2) is 5.05 Å². The molecule has 86 valence electrons. The number of rotatable bonds is 3. The largest absolute Gasteiger partial charge is 0.484 e. The van der Waals surface area contributed by atoms with E-state index in [4.69, 9.17) is 17.0 Å². The molecular weight excluding hydrogens is 216 g/mol. The average molecular weight is 234 g/mol. The zero-order valence-corrected chi connectivity index (χ0v) is 10.3. The van der Waals surface area contributed by atoms with Crippen LogP contribution in [0, 0.1) is 0 Å². The molecule has 1 aromatic rings. The van der Waals surface area contributed by atoms with Crippen LogP contribution in [0.5, 0.6) is 0 Å². The third-order valence-corrected chi connectivity index (χ3v) is 3.28. The van der Waals surface area contributed by atoms with Gasteiger partial charge in [-0.2, -0.15) is 0 Å². The van der Waals surface area contributed by atoms with Crippen molar-refractivity contribution >= 4 is 17.3 Å². The topological polar surface area (TPSA) is 9.23 Å². The molecule has 0 spiro atoms. The summed E-state index contributed by atoms with van der Waals surface area (Å²) in [4.78, 5) is 0. The summed E-state index contributed by atoms with van der Waals surface area (Å²) < 4.78 is 5.83. The second kappa shape index (κ2) is 6.00. The second-order valence-corrected chi connectivity index (χ2v) is 4.87. The summed E-state index contributed by atoms with van der Waals surface area (Å²) in [6.07, 6.45) is 7.43. The zero-order chi connectivity index (χ0) is 11.2. The molecule has 1 aliphatic carbocycles. The van der Waals surface area contributed by atoms with Crippen LogP contribution < -0.4 is 0 Å². The molecule has 1 aliphatic rings. The number of hydrogen-bond donors (Lipinski definition) is 0. The van der Waals surface area contributed by atoms with E-state index in [0.29, 0.717) is 6.10 Å². The second-order valence-electron chi connectivity index (χ2n) is 4.41. The van der Waals surface area contributed by atoms with Crippen LogP contribution >= 0.6 is 12.2 Å². The van der Waals surface area contributed by atoms with Crippen LogP contribution in [0.15, 0.2) is 30.3 Å². The van der Waals surface area contributed by atoms with Gasteiger partial charge in [-0.3, -0.25) is 0 Å². The van der Waals surface area contributed by atoms with Crippen molar-refractivity contribution in [2.45, 2.75) is 44.6 Å². The summed E-state index contributed by atoms with van der Waals surface area (Å²) in [5.41, 5.74) is 1.24. The van der Waals surface area contributed by atoms with Crippen LogP contribution in [0.4, 0.5) is 0 Å². The Morgan fingerprint density at radius 3 is 2.50 bits per heavy atom. The van der Waals surface area contributed by atoms with Gasteiger partial charge in [0.25, 0.3) is 0 Å². The lowest BCUT2D eigenvalue weighted by atomic mass is 9.98. The van der Waals surface area contributed by atoms with E-state index < -0.39 is 0 Å². The molecule has 0 saturated heterocycles. The normalized spacial score (nSPS) is 17.0. The van der Waals surface area contributed by atoms with Gasteiger partial charge in [-0.25, -0.2) is 0 Å². The summed E-state index contributed by atoms with van der Waals surface area (Å²) in [6, 6.07) is 10.3. The first-order chi connectivity index (χ1) is 7.84. The van der Waals surface area contributed by atoms with E-state index in [9.17, 15) is 0 Å². The van der Waals surface area contributed by atoms with Gasteiger partial charge < -0.3 is 4.74 Å². The maximum absolute atomic E-state index is 5.83. The Hall–Kier alpha value is -0.890. The number of benzene rings is 1. The smallest absolute Gasteiger partial charge is 0.164 e. The summed E-state index contributed by atoms with van der Waals surface area (Å²) >= 11 is 5.29. The van der Waals surface area contributed by atoms with E-state index in [0.717, 1.165) is 11.5 Å². The number of hydrogen-bond acceptors (Lipinski definition) is 2. The Labute approximate surface area is 103 Å². The molecule has 0 amide bonds. The molecule has 1 fully saturated rings. The van der Waals surface area contributed by atoms with Gasteiger partial charge in [0.1, 0.15) is 0 Å². The van der Waals surface area contributed by atoms with Gasteiger partial charge in [-0.15, -0.1) is 0 Å². The highest BCUT2D eigenvalue weighted by molar-refractivity contribution is 7.80. The van der Waals surface area contributed by atoms with E-state index in [1.807, 2.05) is 18.2 Å². The SMILES string of the molecule is S=C(Cc1ccccc1)OC1CCCCC1. The Balaban J connectivity index is 1.80. The molecule has 0 unspecified atom stereocenters. The van der Waals surface area contributed by atoms with Crippen molar-refractivity contribution < 1.29 is 4.74 Å². The molecule has 0 radical (unpaired) electrons. The molecule has 1 aromatic carbocycles. The van der Waals surface area contributed by atoms with Crippen molar-refractivity contribution in [3.63, 3.8) is 0 Å². The Kier molecular flexibility index (Phi) is 4.34. The number of thiocarbonyl (C=S) groups is 1. The lowest BCUT2D eigenvalue weighted by molar-refractivity contribution is 0.144. The van der Waals surface area contributed by atoms with Crippen molar-refractivity contribution in [2.24, 2.45) is 0 Å². The summed E-state index contributed by atoms with van der Waals surface area (Å²) in [5.74, 6) is 0. The van der Waals surface area contributed by atoms with E-state index in [1.54, 1.807) is 0 Å². The lowest BCUT2D eigenvalue weighted by Crippen LogP contribution is -2.20. The Morgan fingerprint density at radius 2 is 1.81 bits per heavy atom. The van der Waals surface area contributed by atoms with E-state index in [2.05, 4.69) is 12.1 Å². The first-order valence-electron chi connectivity index (χ1n) is 6.08. The molecular formula is C14H18OS. The van der Waals surface area contributed by atoms with E-state index in [1.165, 1.54) is 37.7 Å². The van der Waals surface area contributed by atoms with Gasteiger partial charge in [0, 0.05) is 6.42 Å². The number of ether oxygens (including phenoxy) is 1. The van der Waals surface area contributed by atoms with Crippen molar-refractivity contribution in [1.29, 1.82) is 0 Å². The van der Waals surface area contributed by atoms with Crippen molar-refractivity contribution in [3.8, 4) is 0 Å². The molecule has 0 bridgehead atoms. The van der Waals surface area contributed by atoms with E-state index >= 15 is 0 Å². The first kappa shape index (κ1) is 11.6. The highest BCUT2D eigenvalue weighted by Crippen LogP contribution is 2.21. The minimum atomic E-state index is 0.380. The fourth-order valence-corrected chi connectivity index (χ4v) is 2.48. The van der Waals surface area contributed by atoms with Crippen molar-refractivity contribution in [1.82, 2.24) is 0 Å². The Morgan fingerprint density at radius 1 is 1.12 bits per heavy atom. The quantitative estimate of drug-likeness (QED) is 0.733. The lowest BCUT2D eigenvalue weighted by Gasteiger charge is -2.23. The van der Waals surface area contributed by atoms with Crippen molar-refractivity contribution in [2.75, 3.05) is 0 Å². The fraction of sp³-hybridized carbons (Fsp3) is 0.500. The van der Waals surface area contributed by atoms with Crippen LogP contribution in [-0.4, -0.2) is 11.2 Å². The molecule has 0 aromatic heterocycles. The molecule has 0 atom stereocenters. The standard InChI is InChI=1S/C14H18OS/c16-14(11-12-7-3-1-4-8-12)15-13-9-5-2-6-10-13/h1,3-4,7-8,13H,2,5-6,9-11H2. The molecule has 0 aliphatic heterocycles. The monoisotopic (exact) mass is 234 g/mol. The summed E-state index contributed by atoms with van der Waals surface area (Å²) in [5, 5.41) is 0.748. The fourth-order valence-electron chi connectivity index (χ4n) is 2.17. The van der Waals surface area contributed by atoms with Crippen LogP contribution in [0.3, 0.4) is 0 Å². The van der Waals surface area contributed by atoms with Crippen molar-refractivity contribution in [3.05, 3.63) is 35.9 Å². The highest BCUT2D eigenvalue weighted by atomic mass is 32.1. The predicted octanol–water partition coefficient (Wildman–Crippen LogP) is 3.91.